The van der Waals surface area contributed by atoms with Gasteiger partial charge in [0.25, 0.3) is 0 Å². The van der Waals surface area contributed by atoms with E-state index in [-0.39, 0.29) is 29.1 Å². The van der Waals surface area contributed by atoms with Crippen molar-refractivity contribution in [2.75, 3.05) is 0 Å². The zero-order valence-electron chi connectivity index (χ0n) is 20.8. The van der Waals surface area contributed by atoms with Gasteiger partial charge < -0.3 is 15.3 Å². The molecule has 0 spiro atoms. The second kappa shape index (κ2) is 10.1. The Kier molecular flexibility index (Phi) is 8.01. The summed E-state index contributed by atoms with van der Waals surface area (Å²) < 4.78 is 0. The quantitative estimate of drug-likeness (QED) is 0.235. The molecule has 0 saturated heterocycles. The SMILES string of the molecule is C=C(C)C(C)c1cc(C)c(O)c(C(C/C(C)=C\C(O)=C(C)C)c2cc(C)c(O)cc2C)c1. The van der Waals surface area contributed by atoms with Gasteiger partial charge in [-0.25, -0.2) is 0 Å². The third-order valence-corrected chi connectivity index (χ3v) is 6.35. The van der Waals surface area contributed by atoms with Crippen LogP contribution in [0.15, 0.2) is 59.4 Å². The van der Waals surface area contributed by atoms with Gasteiger partial charge in [-0.3, -0.25) is 0 Å². The summed E-state index contributed by atoms with van der Waals surface area (Å²) in [4.78, 5) is 0. The number of rotatable bonds is 7. The van der Waals surface area contributed by atoms with Crippen molar-refractivity contribution in [3.8, 4) is 11.5 Å². The van der Waals surface area contributed by atoms with E-state index in [1.54, 1.807) is 12.1 Å². The molecule has 2 unspecified atom stereocenters. The molecular weight excluding hydrogens is 396 g/mol. The van der Waals surface area contributed by atoms with Gasteiger partial charge in [-0.05, 0) is 100 Å². The molecule has 0 aromatic heterocycles. The maximum atomic E-state index is 11.1. The van der Waals surface area contributed by atoms with Crippen LogP contribution < -0.4 is 0 Å². The molecule has 3 nitrogen and oxygen atoms in total. The topological polar surface area (TPSA) is 60.7 Å². The van der Waals surface area contributed by atoms with E-state index in [1.165, 1.54) is 0 Å². The summed E-state index contributed by atoms with van der Waals surface area (Å²) in [7, 11) is 0. The van der Waals surface area contributed by atoms with Gasteiger partial charge in [0.15, 0.2) is 0 Å². The predicted molar refractivity (Wildman–Crippen MR) is 135 cm³/mol. The van der Waals surface area contributed by atoms with Crippen LogP contribution in [0.25, 0.3) is 0 Å². The standard InChI is InChI=1S/C29H38O3/c1-16(2)22(9)23-12-21(8)29(32)26(15-23)25(10-18(5)11-27(30)17(3)4)24-13-20(7)28(31)14-19(24)6/h11-15,22,25,30-32H,1,10H2,2-9H3/b18-11-. The van der Waals surface area contributed by atoms with Crippen molar-refractivity contribution < 1.29 is 15.3 Å². The van der Waals surface area contributed by atoms with Crippen molar-refractivity contribution in [1.29, 1.82) is 0 Å². The summed E-state index contributed by atoms with van der Waals surface area (Å²) in [6.45, 7) is 19.8. The third-order valence-electron chi connectivity index (χ3n) is 6.35. The van der Waals surface area contributed by atoms with Gasteiger partial charge in [-0.15, -0.1) is 0 Å². The Morgan fingerprint density at radius 2 is 1.53 bits per heavy atom. The highest BCUT2D eigenvalue weighted by Gasteiger charge is 2.24. The average Bonchev–Trinajstić information content (AvgIpc) is 2.70. The number of benzene rings is 2. The Balaban J connectivity index is 2.76. The van der Waals surface area contributed by atoms with E-state index in [1.807, 2.05) is 60.6 Å². The first-order valence-electron chi connectivity index (χ1n) is 11.2. The second-order valence-corrected chi connectivity index (χ2v) is 9.47. The Morgan fingerprint density at radius 1 is 0.906 bits per heavy atom. The molecule has 0 fully saturated rings. The van der Waals surface area contributed by atoms with Gasteiger partial charge in [0, 0.05) is 17.4 Å². The lowest BCUT2D eigenvalue weighted by Gasteiger charge is -2.25. The second-order valence-electron chi connectivity index (χ2n) is 9.47. The Hall–Kier alpha value is -2.94. The van der Waals surface area contributed by atoms with Crippen LogP contribution >= 0.6 is 0 Å². The predicted octanol–water partition coefficient (Wildman–Crippen LogP) is 8.02. The number of aliphatic hydroxyl groups excluding tert-OH is 1. The molecular formula is C29H38O3. The molecule has 172 valence electrons. The molecule has 3 N–H and O–H groups in total. The molecule has 2 atom stereocenters. The molecule has 2 aromatic carbocycles. The zero-order valence-corrected chi connectivity index (χ0v) is 20.8. The van der Waals surface area contributed by atoms with Crippen molar-refractivity contribution in [1.82, 2.24) is 0 Å². The molecule has 0 aliphatic heterocycles. The fourth-order valence-corrected chi connectivity index (χ4v) is 3.98. The van der Waals surface area contributed by atoms with Crippen LogP contribution in [0.4, 0.5) is 0 Å². The molecule has 0 aliphatic carbocycles. The van der Waals surface area contributed by atoms with E-state index in [9.17, 15) is 15.3 Å². The minimum Gasteiger partial charge on any atom is -0.508 e. The van der Waals surface area contributed by atoms with Crippen molar-refractivity contribution >= 4 is 0 Å². The maximum absolute atomic E-state index is 11.1. The number of aryl methyl sites for hydroxylation is 3. The highest BCUT2D eigenvalue weighted by molar-refractivity contribution is 5.53. The molecule has 0 radical (unpaired) electrons. The normalized spacial score (nSPS) is 13.6. The molecule has 0 heterocycles. The summed E-state index contributed by atoms with van der Waals surface area (Å²) in [5.41, 5.74) is 8.55. The Bertz CT molecular complexity index is 1080. The van der Waals surface area contributed by atoms with Gasteiger partial charge in [-0.1, -0.05) is 42.8 Å². The lowest BCUT2D eigenvalue weighted by atomic mass is 9.80. The molecule has 0 bridgehead atoms. The highest BCUT2D eigenvalue weighted by Crippen LogP contribution is 2.42. The monoisotopic (exact) mass is 434 g/mol. The molecule has 0 aliphatic rings. The van der Waals surface area contributed by atoms with Crippen molar-refractivity contribution in [3.63, 3.8) is 0 Å². The summed E-state index contributed by atoms with van der Waals surface area (Å²) in [5.74, 6) is 0.862. The van der Waals surface area contributed by atoms with E-state index in [0.717, 1.165) is 50.1 Å². The fourth-order valence-electron chi connectivity index (χ4n) is 3.98. The fraction of sp³-hybridized carbons (Fsp3) is 0.379. The van der Waals surface area contributed by atoms with Crippen LogP contribution in [0.5, 0.6) is 11.5 Å². The van der Waals surface area contributed by atoms with Crippen LogP contribution in [0, 0.1) is 20.8 Å². The van der Waals surface area contributed by atoms with Crippen molar-refractivity contribution in [2.24, 2.45) is 0 Å². The number of hydrogen-bond donors (Lipinski definition) is 3. The van der Waals surface area contributed by atoms with Crippen LogP contribution in [0.2, 0.25) is 0 Å². The van der Waals surface area contributed by atoms with Gasteiger partial charge in [0.1, 0.15) is 17.3 Å². The van der Waals surface area contributed by atoms with E-state index < -0.39 is 0 Å². The maximum Gasteiger partial charge on any atom is 0.122 e. The summed E-state index contributed by atoms with van der Waals surface area (Å²) in [5, 5.41) is 31.6. The number of phenolic OH excluding ortho intramolecular Hbond substituents is 2. The van der Waals surface area contributed by atoms with Gasteiger partial charge in [-0.2, -0.15) is 0 Å². The first-order valence-corrected chi connectivity index (χ1v) is 11.2. The molecule has 2 aromatic rings. The van der Waals surface area contributed by atoms with Gasteiger partial charge in [0.2, 0.25) is 0 Å². The molecule has 2 rings (SSSR count). The van der Waals surface area contributed by atoms with E-state index in [2.05, 4.69) is 19.6 Å². The van der Waals surface area contributed by atoms with Crippen molar-refractivity contribution in [3.05, 3.63) is 92.8 Å². The number of aliphatic hydroxyl groups is 1. The first kappa shape index (κ1) is 25.3. The van der Waals surface area contributed by atoms with E-state index in [0.29, 0.717) is 6.42 Å². The van der Waals surface area contributed by atoms with E-state index >= 15 is 0 Å². The summed E-state index contributed by atoms with van der Waals surface area (Å²) in [6, 6.07) is 7.91. The molecule has 3 heteroatoms. The lowest BCUT2D eigenvalue weighted by Crippen LogP contribution is -2.08. The number of phenols is 2. The third kappa shape index (κ3) is 5.64. The number of hydrogen-bond acceptors (Lipinski definition) is 3. The molecule has 32 heavy (non-hydrogen) atoms. The van der Waals surface area contributed by atoms with Crippen LogP contribution in [0.1, 0.15) is 86.3 Å². The number of allylic oxidation sites excluding steroid dienone is 4. The van der Waals surface area contributed by atoms with E-state index in [4.69, 9.17) is 0 Å². The largest absolute Gasteiger partial charge is 0.508 e. The minimum atomic E-state index is -0.133. The lowest BCUT2D eigenvalue weighted by molar-refractivity contribution is 0.424. The Labute approximate surface area is 193 Å². The first-order chi connectivity index (χ1) is 14.8. The van der Waals surface area contributed by atoms with Gasteiger partial charge in [0.05, 0.1) is 0 Å². The zero-order chi connectivity index (χ0) is 24.3. The molecule has 0 saturated carbocycles. The van der Waals surface area contributed by atoms with Crippen LogP contribution in [-0.4, -0.2) is 15.3 Å². The molecule has 0 amide bonds. The van der Waals surface area contributed by atoms with Crippen LogP contribution in [0.3, 0.4) is 0 Å². The minimum absolute atomic E-state index is 0.133. The average molecular weight is 435 g/mol. The Morgan fingerprint density at radius 3 is 2.09 bits per heavy atom. The summed E-state index contributed by atoms with van der Waals surface area (Å²) in [6.07, 6.45) is 2.43. The van der Waals surface area contributed by atoms with Crippen molar-refractivity contribution in [2.45, 2.75) is 73.6 Å². The van der Waals surface area contributed by atoms with Crippen LogP contribution in [-0.2, 0) is 0 Å². The smallest absolute Gasteiger partial charge is 0.122 e. The van der Waals surface area contributed by atoms with Gasteiger partial charge >= 0.3 is 0 Å². The summed E-state index contributed by atoms with van der Waals surface area (Å²) >= 11 is 0. The highest BCUT2D eigenvalue weighted by atomic mass is 16.3. The number of aromatic hydroxyl groups is 2.